The molecule has 0 aromatic heterocycles. The highest BCUT2D eigenvalue weighted by molar-refractivity contribution is 5.90. The number of rotatable bonds is 5. The second-order valence-corrected chi connectivity index (χ2v) is 4.95. The lowest BCUT2D eigenvalue weighted by molar-refractivity contribution is -0.149. The molecule has 2 atom stereocenters. The summed E-state index contributed by atoms with van der Waals surface area (Å²) in [7, 11) is 1.26. The predicted octanol–water partition coefficient (Wildman–Crippen LogP) is 0.507. The van der Waals surface area contributed by atoms with Gasteiger partial charge in [0.05, 0.1) is 13.0 Å². The summed E-state index contributed by atoms with van der Waals surface area (Å²) in [5.41, 5.74) is 0. The number of ether oxygens (including phenoxy) is 1. The van der Waals surface area contributed by atoms with E-state index in [2.05, 4.69) is 4.74 Å². The molecule has 0 aliphatic carbocycles. The summed E-state index contributed by atoms with van der Waals surface area (Å²) < 4.78 is 4.59. The topological polar surface area (TPSA) is 83.9 Å². The molecule has 1 aliphatic rings. The molecule has 6 nitrogen and oxygen atoms in total. The van der Waals surface area contributed by atoms with Gasteiger partial charge in [0, 0.05) is 13.0 Å². The zero-order chi connectivity index (χ0) is 13.9. The van der Waals surface area contributed by atoms with Crippen molar-refractivity contribution in [3.05, 3.63) is 0 Å². The van der Waals surface area contributed by atoms with Gasteiger partial charge in [0.15, 0.2) is 0 Å². The van der Waals surface area contributed by atoms with Crippen LogP contribution in [0, 0.1) is 11.8 Å². The Kier molecular flexibility index (Phi) is 4.69. The number of hydrogen-bond acceptors (Lipinski definition) is 4. The number of carbonyl (C=O) groups is 3. The van der Waals surface area contributed by atoms with Gasteiger partial charge in [-0.25, -0.2) is 4.79 Å². The molecule has 1 heterocycles. The van der Waals surface area contributed by atoms with Gasteiger partial charge in [-0.1, -0.05) is 13.8 Å². The van der Waals surface area contributed by atoms with Gasteiger partial charge < -0.3 is 14.7 Å². The zero-order valence-corrected chi connectivity index (χ0v) is 10.9. The number of methoxy groups -OCH3 is 1. The van der Waals surface area contributed by atoms with E-state index in [1.165, 1.54) is 12.0 Å². The Hall–Kier alpha value is -1.59. The Bertz CT molecular complexity index is 352. The minimum absolute atomic E-state index is 0.0363. The zero-order valence-electron chi connectivity index (χ0n) is 10.9. The first-order valence-electron chi connectivity index (χ1n) is 5.96. The maximum atomic E-state index is 11.8. The van der Waals surface area contributed by atoms with E-state index >= 15 is 0 Å². The molecule has 0 bridgehead atoms. The Morgan fingerprint density at radius 1 is 1.50 bits per heavy atom. The molecule has 1 N–H and O–H groups in total. The number of esters is 1. The van der Waals surface area contributed by atoms with Gasteiger partial charge in [-0.15, -0.1) is 0 Å². The van der Waals surface area contributed by atoms with Crippen molar-refractivity contribution in [3.63, 3.8) is 0 Å². The van der Waals surface area contributed by atoms with Crippen molar-refractivity contribution in [1.82, 2.24) is 4.90 Å². The van der Waals surface area contributed by atoms with Gasteiger partial charge in [-0.05, 0) is 12.3 Å². The quantitative estimate of drug-likeness (QED) is 0.725. The van der Waals surface area contributed by atoms with Crippen LogP contribution >= 0.6 is 0 Å². The standard InChI is InChI=1S/C12H19NO5/c1-7(2)4-9(11(15)16)13-6-8(5-10(13)14)12(17)18-3/h7-9H,4-6H2,1-3H3,(H,15,16). The van der Waals surface area contributed by atoms with Crippen LogP contribution in [0.25, 0.3) is 0 Å². The molecule has 1 saturated heterocycles. The number of likely N-dealkylation sites (tertiary alicyclic amines) is 1. The molecule has 1 amide bonds. The third kappa shape index (κ3) is 3.21. The second kappa shape index (κ2) is 5.84. The fourth-order valence-corrected chi connectivity index (χ4v) is 2.17. The molecule has 0 saturated carbocycles. The Morgan fingerprint density at radius 3 is 2.56 bits per heavy atom. The number of carboxylic acid groups (broad SMARTS) is 1. The molecule has 2 unspecified atom stereocenters. The smallest absolute Gasteiger partial charge is 0.326 e. The molecular formula is C12H19NO5. The minimum Gasteiger partial charge on any atom is -0.480 e. The van der Waals surface area contributed by atoms with Crippen LogP contribution in [-0.2, 0) is 19.1 Å². The van der Waals surface area contributed by atoms with Crippen LogP contribution in [-0.4, -0.2) is 47.5 Å². The number of aliphatic carboxylic acids is 1. The van der Waals surface area contributed by atoms with Gasteiger partial charge in [0.2, 0.25) is 5.91 Å². The SMILES string of the molecule is COC(=O)C1CC(=O)N(C(CC(C)C)C(=O)O)C1. The molecular weight excluding hydrogens is 238 g/mol. The molecule has 18 heavy (non-hydrogen) atoms. The minimum atomic E-state index is -1.03. The molecule has 102 valence electrons. The van der Waals surface area contributed by atoms with Gasteiger partial charge in [0.25, 0.3) is 0 Å². The Morgan fingerprint density at radius 2 is 2.11 bits per heavy atom. The van der Waals surface area contributed by atoms with E-state index in [4.69, 9.17) is 0 Å². The van der Waals surface area contributed by atoms with Crippen molar-refractivity contribution >= 4 is 17.8 Å². The summed E-state index contributed by atoms with van der Waals surface area (Å²) in [6.07, 6.45) is 0.420. The van der Waals surface area contributed by atoms with Crippen molar-refractivity contribution in [3.8, 4) is 0 Å². The van der Waals surface area contributed by atoms with Crippen molar-refractivity contribution in [1.29, 1.82) is 0 Å². The Balaban J connectivity index is 2.78. The third-order valence-corrected chi connectivity index (χ3v) is 3.05. The number of nitrogens with zero attached hydrogens (tertiary/aromatic N) is 1. The highest BCUT2D eigenvalue weighted by Crippen LogP contribution is 2.24. The van der Waals surface area contributed by atoms with E-state index in [1.54, 1.807) is 0 Å². The number of amides is 1. The van der Waals surface area contributed by atoms with E-state index in [-0.39, 0.29) is 24.8 Å². The molecule has 0 aromatic rings. The first kappa shape index (κ1) is 14.5. The first-order chi connectivity index (χ1) is 8.36. The van der Waals surface area contributed by atoms with Crippen LogP contribution in [0.2, 0.25) is 0 Å². The van der Waals surface area contributed by atoms with Gasteiger partial charge >= 0.3 is 11.9 Å². The van der Waals surface area contributed by atoms with Gasteiger partial charge in [-0.2, -0.15) is 0 Å². The third-order valence-electron chi connectivity index (χ3n) is 3.05. The molecule has 1 fully saturated rings. The fraction of sp³-hybridized carbons (Fsp3) is 0.750. The lowest BCUT2D eigenvalue weighted by Crippen LogP contribution is -2.43. The highest BCUT2D eigenvalue weighted by Gasteiger charge is 2.41. The normalized spacial score (nSPS) is 21.2. The molecule has 0 spiro atoms. The average Bonchev–Trinajstić information content (AvgIpc) is 2.66. The van der Waals surface area contributed by atoms with Crippen molar-refractivity contribution < 1.29 is 24.2 Å². The van der Waals surface area contributed by atoms with Gasteiger partial charge in [-0.3, -0.25) is 9.59 Å². The largest absolute Gasteiger partial charge is 0.480 e. The maximum absolute atomic E-state index is 11.8. The van der Waals surface area contributed by atoms with E-state index in [9.17, 15) is 19.5 Å². The van der Waals surface area contributed by atoms with Gasteiger partial charge in [0.1, 0.15) is 6.04 Å². The lowest BCUT2D eigenvalue weighted by Gasteiger charge is -2.25. The summed E-state index contributed by atoms with van der Waals surface area (Å²) in [5.74, 6) is -2.16. The molecule has 1 rings (SSSR count). The molecule has 0 aromatic carbocycles. The molecule has 0 radical (unpaired) electrons. The predicted molar refractivity (Wildman–Crippen MR) is 62.7 cm³/mol. The van der Waals surface area contributed by atoms with Crippen LogP contribution < -0.4 is 0 Å². The maximum Gasteiger partial charge on any atom is 0.326 e. The van der Waals surface area contributed by atoms with E-state index in [0.717, 1.165) is 0 Å². The van der Waals surface area contributed by atoms with E-state index in [0.29, 0.717) is 6.42 Å². The van der Waals surface area contributed by atoms with Crippen LogP contribution in [0.4, 0.5) is 0 Å². The van der Waals surface area contributed by atoms with Crippen molar-refractivity contribution in [2.75, 3.05) is 13.7 Å². The summed E-state index contributed by atoms with van der Waals surface area (Å²) in [6, 6.07) is -0.854. The lowest BCUT2D eigenvalue weighted by atomic mass is 10.0. The summed E-state index contributed by atoms with van der Waals surface area (Å²) in [6.45, 7) is 3.93. The summed E-state index contributed by atoms with van der Waals surface area (Å²) >= 11 is 0. The van der Waals surface area contributed by atoms with Crippen LogP contribution in [0.5, 0.6) is 0 Å². The summed E-state index contributed by atoms with van der Waals surface area (Å²) in [4.78, 5) is 35.6. The number of hydrogen-bond donors (Lipinski definition) is 1. The number of carbonyl (C=O) groups excluding carboxylic acids is 2. The van der Waals surface area contributed by atoms with Crippen LogP contribution in [0.15, 0.2) is 0 Å². The van der Waals surface area contributed by atoms with Crippen LogP contribution in [0.3, 0.4) is 0 Å². The van der Waals surface area contributed by atoms with Crippen molar-refractivity contribution in [2.24, 2.45) is 11.8 Å². The van der Waals surface area contributed by atoms with Crippen molar-refractivity contribution in [2.45, 2.75) is 32.7 Å². The van der Waals surface area contributed by atoms with E-state index < -0.39 is 23.9 Å². The first-order valence-corrected chi connectivity index (χ1v) is 5.96. The second-order valence-electron chi connectivity index (χ2n) is 4.95. The summed E-state index contributed by atoms with van der Waals surface area (Å²) in [5, 5.41) is 9.17. The monoisotopic (exact) mass is 257 g/mol. The van der Waals surface area contributed by atoms with Crippen LogP contribution in [0.1, 0.15) is 26.7 Å². The fourth-order valence-electron chi connectivity index (χ4n) is 2.17. The Labute approximate surface area is 106 Å². The highest BCUT2D eigenvalue weighted by atomic mass is 16.5. The molecule has 6 heteroatoms. The average molecular weight is 257 g/mol. The molecule has 1 aliphatic heterocycles. The number of carboxylic acids is 1. The van der Waals surface area contributed by atoms with E-state index in [1.807, 2.05) is 13.8 Å².